The third-order valence-corrected chi connectivity index (χ3v) is 1.45. The van der Waals surface area contributed by atoms with Gasteiger partial charge in [0.2, 0.25) is 5.91 Å². The molecule has 1 amide bonds. The van der Waals surface area contributed by atoms with Gasteiger partial charge in [-0.15, -0.1) is 6.42 Å². The van der Waals surface area contributed by atoms with E-state index in [0.717, 1.165) is 0 Å². The number of terminal acetylenes is 1. The predicted octanol–water partition coefficient (Wildman–Crippen LogP) is 0.243. The maximum absolute atomic E-state index is 11.2. The minimum atomic E-state index is -0.154. The zero-order valence-electron chi connectivity index (χ0n) is 7.66. The Hall–Kier alpha value is -1.86. The molecule has 1 rings (SSSR count). The zero-order valence-corrected chi connectivity index (χ0v) is 7.66. The first-order valence-electron chi connectivity index (χ1n) is 4.18. The minimum absolute atomic E-state index is 0.154. The Morgan fingerprint density at radius 3 is 3.07 bits per heavy atom. The second-order valence-corrected chi connectivity index (χ2v) is 2.57. The summed E-state index contributed by atoms with van der Waals surface area (Å²) in [5.74, 6) is 2.77. The van der Waals surface area contributed by atoms with Gasteiger partial charge in [-0.05, 0) is 12.1 Å². The van der Waals surface area contributed by atoms with Crippen molar-refractivity contribution in [2.75, 3.05) is 18.4 Å². The number of amides is 1. The molecule has 1 aromatic rings. The Balaban J connectivity index is 2.32. The molecule has 0 atom stereocenters. The lowest BCUT2D eigenvalue weighted by atomic mass is 10.4. The van der Waals surface area contributed by atoms with Crippen molar-refractivity contribution in [3.63, 3.8) is 0 Å². The van der Waals surface area contributed by atoms with Crippen LogP contribution in [0.15, 0.2) is 24.4 Å². The van der Waals surface area contributed by atoms with Crippen LogP contribution in [0.4, 0.5) is 5.82 Å². The summed E-state index contributed by atoms with van der Waals surface area (Å²) in [6.45, 7) is 0.580. The molecule has 0 saturated carbocycles. The molecule has 4 heteroatoms. The van der Waals surface area contributed by atoms with Gasteiger partial charge >= 0.3 is 0 Å². The molecular formula is C10H11N3O. The lowest BCUT2D eigenvalue weighted by Crippen LogP contribution is -2.28. The quantitative estimate of drug-likeness (QED) is 0.527. The monoisotopic (exact) mass is 189 g/mol. The highest BCUT2D eigenvalue weighted by Gasteiger charge is 2.00. The van der Waals surface area contributed by atoms with Crippen LogP contribution in [0.1, 0.15) is 0 Å². The summed E-state index contributed by atoms with van der Waals surface area (Å²) in [4.78, 5) is 15.2. The van der Waals surface area contributed by atoms with E-state index in [0.29, 0.717) is 12.4 Å². The van der Waals surface area contributed by atoms with Crippen LogP contribution in [0.3, 0.4) is 0 Å². The maximum atomic E-state index is 11.2. The van der Waals surface area contributed by atoms with E-state index in [-0.39, 0.29) is 12.5 Å². The third kappa shape index (κ3) is 3.70. The predicted molar refractivity (Wildman–Crippen MR) is 54.6 cm³/mol. The van der Waals surface area contributed by atoms with E-state index in [4.69, 9.17) is 6.42 Å². The average molecular weight is 189 g/mol. The molecule has 0 spiro atoms. The molecule has 0 unspecified atom stereocenters. The third-order valence-electron chi connectivity index (χ3n) is 1.45. The van der Waals surface area contributed by atoms with E-state index in [1.807, 2.05) is 0 Å². The number of nitrogens with zero attached hydrogens (tertiary/aromatic N) is 1. The average Bonchev–Trinajstić information content (AvgIpc) is 2.20. The van der Waals surface area contributed by atoms with Crippen molar-refractivity contribution in [1.82, 2.24) is 10.3 Å². The summed E-state index contributed by atoms with van der Waals surface area (Å²) in [5.41, 5.74) is 0. The summed E-state index contributed by atoms with van der Waals surface area (Å²) in [7, 11) is 0. The molecule has 2 N–H and O–H groups in total. The van der Waals surface area contributed by atoms with Crippen molar-refractivity contribution < 1.29 is 4.79 Å². The van der Waals surface area contributed by atoms with Gasteiger partial charge in [0.25, 0.3) is 0 Å². The number of aromatic nitrogens is 1. The molecule has 0 bridgehead atoms. The highest BCUT2D eigenvalue weighted by Crippen LogP contribution is 1.98. The number of hydrogen-bond donors (Lipinski definition) is 2. The van der Waals surface area contributed by atoms with Crippen molar-refractivity contribution in [2.45, 2.75) is 0 Å². The fourth-order valence-electron chi connectivity index (χ4n) is 0.872. The van der Waals surface area contributed by atoms with E-state index in [9.17, 15) is 4.79 Å². The normalized spacial score (nSPS) is 9.07. The Morgan fingerprint density at radius 1 is 1.57 bits per heavy atom. The molecule has 0 fully saturated rings. The molecular weight excluding hydrogens is 178 g/mol. The van der Waals surface area contributed by atoms with Gasteiger partial charge in [0, 0.05) is 6.20 Å². The van der Waals surface area contributed by atoms with Crippen LogP contribution < -0.4 is 10.6 Å². The van der Waals surface area contributed by atoms with Crippen molar-refractivity contribution in [1.29, 1.82) is 0 Å². The number of pyridine rings is 1. The summed E-state index contributed by atoms with van der Waals surface area (Å²) in [6.07, 6.45) is 6.63. The van der Waals surface area contributed by atoms with Crippen LogP contribution in [-0.4, -0.2) is 24.0 Å². The Kier molecular flexibility index (Phi) is 4.18. The van der Waals surface area contributed by atoms with Crippen LogP contribution >= 0.6 is 0 Å². The molecule has 1 heterocycles. The standard InChI is InChI=1S/C10H11N3O/c1-2-6-11-8-10(14)13-9-5-3-4-7-12-9/h1,3-5,7,11H,6,8H2,(H,12,13,14). The van der Waals surface area contributed by atoms with Gasteiger partial charge in [0.1, 0.15) is 5.82 Å². The van der Waals surface area contributed by atoms with E-state index in [1.165, 1.54) is 0 Å². The Morgan fingerprint density at radius 2 is 2.43 bits per heavy atom. The summed E-state index contributed by atoms with van der Waals surface area (Å²) in [6, 6.07) is 5.31. The molecule has 72 valence electrons. The molecule has 0 aliphatic carbocycles. The first kappa shape index (κ1) is 10.2. The first-order chi connectivity index (χ1) is 6.83. The number of anilines is 1. The lowest BCUT2D eigenvalue weighted by molar-refractivity contribution is -0.115. The molecule has 1 aromatic heterocycles. The summed E-state index contributed by atoms with van der Waals surface area (Å²) >= 11 is 0. The van der Waals surface area contributed by atoms with Crippen LogP contribution in [-0.2, 0) is 4.79 Å². The summed E-state index contributed by atoms with van der Waals surface area (Å²) < 4.78 is 0. The van der Waals surface area contributed by atoms with Crippen molar-refractivity contribution in [3.05, 3.63) is 24.4 Å². The fourth-order valence-corrected chi connectivity index (χ4v) is 0.872. The van der Waals surface area contributed by atoms with Crippen LogP contribution in [0.25, 0.3) is 0 Å². The van der Waals surface area contributed by atoms with Gasteiger partial charge in [-0.2, -0.15) is 0 Å². The van der Waals surface area contributed by atoms with Crippen molar-refractivity contribution in [2.24, 2.45) is 0 Å². The van der Waals surface area contributed by atoms with Crippen LogP contribution in [0, 0.1) is 12.3 Å². The molecule has 4 nitrogen and oxygen atoms in total. The molecule has 0 aliphatic heterocycles. The molecule has 0 aromatic carbocycles. The Bertz CT molecular complexity index is 329. The second kappa shape index (κ2) is 5.73. The number of carbonyl (C=O) groups is 1. The molecule has 14 heavy (non-hydrogen) atoms. The number of hydrogen-bond acceptors (Lipinski definition) is 3. The maximum Gasteiger partial charge on any atom is 0.239 e. The van der Waals surface area contributed by atoms with Gasteiger partial charge in [-0.25, -0.2) is 4.98 Å². The van der Waals surface area contributed by atoms with E-state index in [2.05, 4.69) is 21.5 Å². The van der Waals surface area contributed by atoms with Crippen molar-refractivity contribution in [3.8, 4) is 12.3 Å². The number of carbonyl (C=O) groups excluding carboxylic acids is 1. The topological polar surface area (TPSA) is 54.0 Å². The van der Waals surface area contributed by atoms with Gasteiger partial charge < -0.3 is 5.32 Å². The van der Waals surface area contributed by atoms with E-state index < -0.39 is 0 Å². The van der Waals surface area contributed by atoms with Crippen LogP contribution in [0.5, 0.6) is 0 Å². The Labute approximate surface area is 82.7 Å². The van der Waals surface area contributed by atoms with Crippen LogP contribution in [0.2, 0.25) is 0 Å². The highest BCUT2D eigenvalue weighted by molar-refractivity contribution is 5.91. The number of nitrogens with one attached hydrogen (secondary N) is 2. The lowest BCUT2D eigenvalue weighted by Gasteiger charge is -2.03. The highest BCUT2D eigenvalue weighted by atomic mass is 16.1. The number of rotatable bonds is 4. The first-order valence-corrected chi connectivity index (χ1v) is 4.18. The van der Waals surface area contributed by atoms with Gasteiger partial charge in [0.15, 0.2) is 0 Å². The zero-order chi connectivity index (χ0) is 10.2. The van der Waals surface area contributed by atoms with E-state index >= 15 is 0 Å². The van der Waals surface area contributed by atoms with Gasteiger partial charge in [0.05, 0.1) is 13.1 Å². The fraction of sp³-hybridized carbons (Fsp3) is 0.200. The summed E-state index contributed by atoms with van der Waals surface area (Å²) in [5, 5.41) is 5.40. The largest absolute Gasteiger partial charge is 0.310 e. The van der Waals surface area contributed by atoms with Gasteiger partial charge in [-0.3, -0.25) is 10.1 Å². The molecule has 0 aliphatic rings. The second-order valence-electron chi connectivity index (χ2n) is 2.57. The minimum Gasteiger partial charge on any atom is -0.310 e. The smallest absolute Gasteiger partial charge is 0.239 e. The van der Waals surface area contributed by atoms with Gasteiger partial charge in [-0.1, -0.05) is 12.0 Å². The molecule has 0 radical (unpaired) electrons. The van der Waals surface area contributed by atoms with E-state index in [1.54, 1.807) is 24.4 Å². The SMILES string of the molecule is C#CCNCC(=O)Nc1ccccn1. The van der Waals surface area contributed by atoms with Crippen molar-refractivity contribution >= 4 is 11.7 Å². The molecule has 0 saturated heterocycles.